The van der Waals surface area contributed by atoms with E-state index in [0.717, 1.165) is 40.6 Å². The molecule has 2 amide bonds. The molecular weight excluding hydrogens is 478 g/mol. The van der Waals surface area contributed by atoms with E-state index in [-0.39, 0.29) is 11.8 Å². The van der Waals surface area contributed by atoms with Crippen LogP contribution < -0.4 is 4.90 Å². The van der Waals surface area contributed by atoms with Gasteiger partial charge in [-0.15, -0.1) is 0 Å². The van der Waals surface area contributed by atoms with Crippen LogP contribution >= 0.6 is 11.6 Å². The predicted molar refractivity (Wildman–Crippen MR) is 138 cm³/mol. The minimum atomic E-state index is 0.0136. The summed E-state index contributed by atoms with van der Waals surface area (Å²) in [5, 5.41) is 5.10. The molecule has 10 heteroatoms. The van der Waals surface area contributed by atoms with Gasteiger partial charge < -0.3 is 14.7 Å². The second-order valence-corrected chi connectivity index (χ2v) is 9.71. The number of carbonyl (C=O) groups is 2. The maximum atomic E-state index is 13.1. The molecule has 0 aliphatic carbocycles. The number of aryl methyl sites for hydroxylation is 2. The minimum Gasteiger partial charge on any atom is -0.351 e. The fourth-order valence-electron chi connectivity index (χ4n) is 4.75. The zero-order valence-electron chi connectivity index (χ0n) is 20.9. The summed E-state index contributed by atoms with van der Waals surface area (Å²) in [5.41, 5.74) is 4.99. The van der Waals surface area contributed by atoms with Crippen molar-refractivity contribution in [3.8, 4) is 11.3 Å². The van der Waals surface area contributed by atoms with E-state index in [0.29, 0.717) is 56.3 Å². The molecular formula is C26H30ClN7O2. The summed E-state index contributed by atoms with van der Waals surface area (Å²) in [6.07, 6.45) is 4.48. The number of benzene rings is 1. The number of hydrogen-bond donors (Lipinski definition) is 0. The summed E-state index contributed by atoms with van der Waals surface area (Å²) in [6.45, 7) is 9.89. The van der Waals surface area contributed by atoms with Crippen molar-refractivity contribution in [3.63, 3.8) is 0 Å². The Balaban J connectivity index is 1.41. The van der Waals surface area contributed by atoms with Crippen molar-refractivity contribution in [1.29, 1.82) is 0 Å². The van der Waals surface area contributed by atoms with Crippen LogP contribution in [0.5, 0.6) is 0 Å². The first-order chi connectivity index (χ1) is 17.3. The second-order valence-electron chi connectivity index (χ2n) is 9.31. The van der Waals surface area contributed by atoms with Crippen LogP contribution in [0.1, 0.15) is 41.2 Å². The molecule has 2 aromatic heterocycles. The summed E-state index contributed by atoms with van der Waals surface area (Å²) >= 11 is 6.14. The van der Waals surface area contributed by atoms with Gasteiger partial charge in [-0.2, -0.15) is 5.10 Å². The Hall–Kier alpha value is -3.46. The van der Waals surface area contributed by atoms with Crippen LogP contribution in [0.3, 0.4) is 0 Å². The van der Waals surface area contributed by atoms with Crippen LogP contribution in [0.15, 0.2) is 30.6 Å². The van der Waals surface area contributed by atoms with Gasteiger partial charge in [0.25, 0.3) is 5.91 Å². The Kier molecular flexibility index (Phi) is 6.66. The highest BCUT2D eigenvalue weighted by atomic mass is 35.5. The van der Waals surface area contributed by atoms with Crippen molar-refractivity contribution in [1.82, 2.24) is 29.5 Å². The molecule has 0 unspecified atom stereocenters. The van der Waals surface area contributed by atoms with Gasteiger partial charge in [-0.05, 0) is 37.6 Å². The number of nitrogens with zero attached hydrogens (tertiary/aromatic N) is 7. The number of hydrogen-bond acceptors (Lipinski definition) is 6. The fourth-order valence-corrected chi connectivity index (χ4v) is 4.86. The fraction of sp³-hybridized carbons (Fsp3) is 0.423. The van der Waals surface area contributed by atoms with Crippen molar-refractivity contribution in [2.75, 3.05) is 37.6 Å². The number of rotatable bonds is 4. The monoisotopic (exact) mass is 507 g/mol. The molecule has 36 heavy (non-hydrogen) atoms. The molecule has 188 valence electrons. The molecule has 3 aromatic rings. The van der Waals surface area contributed by atoms with E-state index in [1.54, 1.807) is 24.0 Å². The lowest BCUT2D eigenvalue weighted by Gasteiger charge is -2.37. The standard InChI is InChI=1S/C26H30ClN7O2/c1-4-34-15-20(14-28-34)24-25(30-22-7-8-33(18(3)35)16-23(22)29-24)31-9-11-32(12-10-31)26(36)19-5-6-21(27)17(2)13-19/h5-6,13-15H,4,7-12,16H2,1-3H3. The molecule has 4 heterocycles. The second kappa shape index (κ2) is 9.89. The summed E-state index contributed by atoms with van der Waals surface area (Å²) in [6, 6.07) is 5.41. The van der Waals surface area contributed by atoms with E-state index >= 15 is 0 Å². The maximum absolute atomic E-state index is 13.1. The quantitative estimate of drug-likeness (QED) is 0.539. The molecule has 0 radical (unpaired) electrons. The average Bonchev–Trinajstić information content (AvgIpc) is 3.38. The molecule has 0 N–H and O–H groups in total. The Labute approximate surface area is 215 Å². The molecule has 0 atom stereocenters. The van der Waals surface area contributed by atoms with Crippen molar-refractivity contribution < 1.29 is 9.59 Å². The first-order valence-electron chi connectivity index (χ1n) is 12.3. The Bertz CT molecular complexity index is 1310. The third-order valence-corrected chi connectivity index (χ3v) is 7.36. The Morgan fingerprint density at radius 3 is 2.47 bits per heavy atom. The summed E-state index contributed by atoms with van der Waals surface area (Å²) < 4.78 is 1.87. The third-order valence-electron chi connectivity index (χ3n) is 6.94. The molecule has 2 aliphatic heterocycles. The molecule has 0 spiro atoms. The lowest BCUT2D eigenvalue weighted by Crippen LogP contribution is -2.49. The summed E-state index contributed by atoms with van der Waals surface area (Å²) in [5.74, 6) is 0.873. The molecule has 2 aliphatic rings. The Morgan fingerprint density at radius 2 is 1.81 bits per heavy atom. The number of carbonyl (C=O) groups excluding carboxylic acids is 2. The zero-order valence-corrected chi connectivity index (χ0v) is 21.6. The first kappa shape index (κ1) is 24.2. The van der Waals surface area contributed by atoms with Crippen molar-refractivity contribution in [2.45, 2.75) is 40.3 Å². The largest absolute Gasteiger partial charge is 0.351 e. The normalized spacial score (nSPS) is 15.7. The van der Waals surface area contributed by atoms with Crippen LogP contribution in [0.25, 0.3) is 11.3 Å². The Morgan fingerprint density at radius 1 is 1.03 bits per heavy atom. The van der Waals surface area contributed by atoms with Gasteiger partial charge in [0.15, 0.2) is 5.82 Å². The number of anilines is 1. The molecule has 1 fully saturated rings. The molecule has 1 aromatic carbocycles. The molecule has 9 nitrogen and oxygen atoms in total. The van der Waals surface area contributed by atoms with Gasteiger partial charge in [-0.1, -0.05) is 11.6 Å². The zero-order chi connectivity index (χ0) is 25.4. The highest BCUT2D eigenvalue weighted by molar-refractivity contribution is 6.31. The minimum absolute atomic E-state index is 0.0136. The van der Waals surface area contributed by atoms with Gasteiger partial charge in [0.1, 0.15) is 5.69 Å². The van der Waals surface area contributed by atoms with Gasteiger partial charge in [0.2, 0.25) is 5.91 Å². The van der Waals surface area contributed by atoms with Gasteiger partial charge >= 0.3 is 0 Å². The number of piperazine rings is 1. The van der Waals surface area contributed by atoms with Crippen molar-refractivity contribution in [3.05, 3.63) is 58.1 Å². The first-order valence-corrected chi connectivity index (χ1v) is 12.7. The van der Waals surface area contributed by atoms with Crippen LogP contribution in [0, 0.1) is 6.92 Å². The number of amides is 2. The molecule has 5 rings (SSSR count). The van der Waals surface area contributed by atoms with Crippen LogP contribution in [-0.2, 0) is 24.3 Å². The van der Waals surface area contributed by atoms with Gasteiger partial charge in [-0.25, -0.2) is 9.97 Å². The van der Waals surface area contributed by atoms with Crippen molar-refractivity contribution in [2.24, 2.45) is 0 Å². The molecule has 0 bridgehead atoms. The lowest BCUT2D eigenvalue weighted by molar-refractivity contribution is -0.129. The summed E-state index contributed by atoms with van der Waals surface area (Å²) in [4.78, 5) is 41.0. The maximum Gasteiger partial charge on any atom is 0.253 e. The van der Waals surface area contributed by atoms with Crippen molar-refractivity contribution >= 4 is 29.2 Å². The van der Waals surface area contributed by atoms with Gasteiger partial charge in [0, 0.05) is 75.0 Å². The SMILES string of the molecule is CCn1cc(-c2nc3c(nc2N2CCN(C(=O)c4ccc(Cl)c(C)c4)CC2)CCN(C(C)=O)C3)cn1. The highest BCUT2D eigenvalue weighted by Gasteiger charge is 2.29. The average molecular weight is 508 g/mol. The van der Waals surface area contributed by atoms with E-state index < -0.39 is 0 Å². The van der Waals surface area contributed by atoms with Crippen LogP contribution in [-0.4, -0.2) is 74.1 Å². The molecule has 1 saturated heterocycles. The van der Waals surface area contributed by atoms with E-state index in [4.69, 9.17) is 21.6 Å². The molecule has 0 saturated carbocycles. The number of halogens is 1. The summed E-state index contributed by atoms with van der Waals surface area (Å²) in [7, 11) is 0. The smallest absolute Gasteiger partial charge is 0.253 e. The van der Waals surface area contributed by atoms with Gasteiger partial charge in [0.05, 0.1) is 24.1 Å². The van der Waals surface area contributed by atoms with Gasteiger partial charge in [-0.3, -0.25) is 14.3 Å². The predicted octanol–water partition coefficient (Wildman–Crippen LogP) is 3.19. The number of aromatic nitrogens is 4. The van der Waals surface area contributed by atoms with Crippen LogP contribution in [0.4, 0.5) is 5.82 Å². The number of fused-ring (bicyclic) bond motifs is 1. The van der Waals surface area contributed by atoms with E-state index in [1.165, 1.54) is 0 Å². The van der Waals surface area contributed by atoms with Crippen LogP contribution in [0.2, 0.25) is 5.02 Å². The van der Waals surface area contributed by atoms with E-state index in [1.807, 2.05) is 41.9 Å². The third kappa shape index (κ3) is 4.67. The van der Waals surface area contributed by atoms with E-state index in [2.05, 4.69) is 10.00 Å². The lowest BCUT2D eigenvalue weighted by atomic mass is 10.1. The van der Waals surface area contributed by atoms with E-state index in [9.17, 15) is 9.59 Å². The topological polar surface area (TPSA) is 87.5 Å². The highest BCUT2D eigenvalue weighted by Crippen LogP contribution is 2.31.